The fraction of sp³-hybridized carbons (Fsp3) is 0.434. The first-order chi connectivity index (χ1) is 48.3. The van der Waals surface area contributed by atoms with Crippen LogP contribution in [0.2, 0.25) is 0 Å². The van der Waals surface area contributed by atoms with Gasteiger partial charge in [-0.1, -0.05) is 158 Å². The van der Waals surface area contributed by atoms with Crippen LogP contribution >= 0.6 is 0 Å². The van der Waals surface area contributed by atoms with E-state index in [1.807, 2.05) is 276 Å². The number of aryl methyl sites for hydroxylation is 11. The lowest BCUT2D eigenvalue weighted by Crippen LogP contribution is -1.85. The van der Waals surface area contributed by atoms with E-state index in [2.05, 4.69) is 116 Å². The SMILES string of the molecule is CC.CC.CC.CC.CC.CC.CC.CC.CC.CC.CC.Cc1cccnc1.Cc1cccnn1.Cc1ccncc1.Cc1ccncn1.Cc1ccnnc1.Cc1cnccn1.Cc1cncnc1.Cc1cncnn1.Cc1ncccn1.Cc1nccnn1.Cc1ncncn1. The van der Waals surface area contributed by atoms with E-state index in [-0.39, 0.29) is 0 Å². The van der Waals surface area contributed by atoms with E-state index in [0.29, 0.717) is 5.82 Å². The number of rotatable bonds is 0. The van der Waals surface area contributed by atoms with E-state index in [1.54, 1.807) is 118 Å². The van der Waals surface area contributed by atoms with E-state index in [0.717, 1.165) is 45.6 Å². The summed E-state index contributed by atoms with van der Waals surface area (Å²) in [6.07, 6.45) is 38.2. The maximum absolute atomic E-state index is 3.92. The van der Waals surface area contributed by atoms with Crippen molar-refractivity contribution in [1.82, 2.24) is 116 Å². The molecule has 0 radical (unpaired) electrons. The zero-order valence-electron chi connectivity index (χ0n) is 67.3. The highest BCUT2D eigenvalue weighted by molar-refractivity contribution is 5.06. The molecule has 11 rings (SSSR count). The molecule has 23 nitrogen and oxygen atoms in total. The number of hydrogen-bond donors (Lipinski definition) is 0. The number of nitrogens with zero attached hydrogens (tertiary/aromatic N) is 23. The molecule has 0 aliphatic rings. The summed E-state index contributed by atoms with van der Waals surface area (Å²) in [6, 6.07) is 17.2. The van der Waals surface area contributed by atoms with E-state index < -0.39 is 0 Å². The molecule has 0 fully saturated rings. The van der Waals surface area contributed by atoms with Gasteiger partial charge in [0.15, 0.2) is 0 Å². The summed E-state index contributed by atoms with van der Waals surface area (Å²) in [5, 5.41) is 29.0. The lowest BCUT2D eigenvalue weighted by molar-refractivity contribution is 0.907. The molecule has 23 heteroatoms. The Labute approximate surface area is 601 Å². The maximum Gasteiger partial charge on any atom is 0.147 e. The third kappa shape index (κ3) is 107. The second kappa shape index (κ2) is 109. The molecule has 0 spiro atoms. The third-order valence-electron chi connectivity index (χ3n) is 7.72. The van der Waals surface area contributed by atoms with Gasteiger partial charge in [-0.3, -0.25) is 19.9 Å². The van der Waals surface area contributed by atoms with Crippen molar-refractivity contribution < 1.29 is 0 Å². The maximum atomic E-state index is 3.92. The Hall–Kier alpha value is -10.2. The molecule has 0 saturated carbocycles. The highest BCUT2D eigenvalue weighted by Gasteiger charge is 1.81. The Balaban J connectivity index is -0.0000000929. The summed E-state index contributed by atoms with van der Waals surface area (Å²) in [7, 11) is 0. The average Bonchev–Trinajstić information content (AvgIpc) is 3.72. The van der Waals surface area contributed by atoms with Gasteiger partial charge >= 0.3 is 0 Å². The van der Waals surface area contributed by atoms with Crippen molar-refractivity contribution in [3.05, 3.63) is 260 Å². The lowest BCUT2D eigenvalue weighted by atomic mass is 10.3. The van der Waals surface area contributed by atoms with Gasteiger partial charge in [-0.05, 0) is 147 Å². The van der Waals surface area contributed by atoms with Crippen LogP contribution in [0.4, 0.5) is 0 Å². The second-order valence-electron chi connectivity index (χ2n) is 14.9. The standard InChI is InChI=1S/2C6H7N.6C5H6N2.3C4H5N3.11C2H6/c1-6-2-4-7-5-3-6;1-6-3-2-4-7-5-6;1-5-2-6-4-7-3-5;1-5-4-6-2-3-7-5;1-5-2-3-6-4-7-5;1-5-2-3-6-7-4-5;1-5-6-3-2-4-7-5;1-5-3-2-4-6-7-5;1-4-6-2-5-3-7-4;1-4-2-5-3-6-7-4;1-4-5-2-3-6-7-4;11*1-2/h2*2-5H,1H3;6*2-4H,1H3;3*2-3H,1H3;11*1-2H3. The van der Waals surface area contributed by atoms with Crippen molar-refractivity contribution in [3.63, 3.8) is 0 Å². The van der Waals surface area contributed by atoms with Gasteiger partial charge in [-0.25, -0.2) is 54.8 Å². The molecule has 0 saturated heterocycles. The zero-order chi connectivity index (χ0) is 78.2. The van der Waals surface area contributed by atoms with Gasteiger partial charge in [0, 0.05) is 98.6 Å². The molecule has 0 amide bonds. The van der Waals surface area contributed by atoms with E-state index in [1.165, 1.54) is 42.8 Å². The Bertz CT molecular complexity index is 2220. The average molecular weight is 1370 g/mol. The number of pyridine rings is 2. The molecule has 11 heterocycles. The fourth-order valence-electron chi connectivity index (χ4n) is 4.01. The Kier molecular flexibility index (Phi) is 125. The van der Waals surface area contributed by atoms with Crippen molar-refractivity contribution in [2.75, 3.05) is 0 Å². The lowest BCUT2D eigenvalue weighted by Gasteiger charge is -1.82. The quantitative estimate of drug-likeness (QED) is 0.136. The van der Waals surface area contributed by atoms with Crippen molar-refractivity contribution in [2.45, 2.75) is 228 Å². The second-order valence-corrected chi connectivity index (χ2v) is 14.9. The molecule has 11 aromatic rings. The molecule has 0 unspecified atom stereocenters. The molecule has 0 aliphatic carbocycles. The summed E-state index contributed by atoms with van der Waals surface area (Å²) < 4.78 is 0. The fourth-order valence-corrected chi connectivity index (χ4v) is 4.01. The van der Waals surface area contributed by atoms with Crippen LogP contribution < -0.4 is 0 Å². The monoisotopic (exact) mass is 1370 g/mol. The first-order valence-corrected chi connectivity index (χ1v) is 34.2. The van der Waals surface area contributed by atoms with Gasteiger partial charge < -0.3 is 0 Å². The van der Waals surface area contributed by atoms with Crippen LogP contribution in [0, 0.1) is 76.2 Å². The van der Waals surface area contributed by atoms with Crippen molar-refractivity contribution in [3.8, 4) is 0 Å². The molecule has 0 bridgehead atoms. The molecule has 0 aromatic carbocycles. The van der Waals surface area contributed by atoms with Gasteiger partial charge in [-0.15, -0.1) is 10.2 Å². The first kappa shape index (κ1) is 113. The smallest absolute Gasteiger partial charge is 0.147 e. The summed E-state index contributed by atoms with van der Waals surface area (Å²) >= 11 is 0. The van der Waals surface area contributed by atoms with Crippen molar-refractivity contribution in [1.29, 1.82) is 0 Å². The Morgan fingerprint density at radius 3 is 0.848 bits per heavy atom. The minimum absolute atomic E-state index is 0.711. The zero-order valence-corrected chi connectivity index (χ0v) is 67.3. The largest absolute Gasteiger partial charge is 0.265 e. The van der Waals surface area contributed by atoms with Crippen LogP contribution in [-0.2, 0) is 0 Å². The van der Waals surface area contributed by atoms with Crippen LogP contribution in [0.1, 0.15) is 215 Å². The van der Waals surface area contributed by atoms with Gasteiger partial charge in [0.1, 0.15) is 49.1 Å². The minimum atomic E-state index is 0.711. The summed E-state index contributed by atoms with van der Waals surface area (Å²) in [5.74, 6) is 2.29. The molecular formula is C76H131N23. The highest BCUT2D eigenvalue weighted by Crippen LogP contribution is 1.91. The molecule has 0 N–H and O–H groups in total. The molecular weight excluding hydrogens is 1230 g/mol. The Morgan fingerprint density at radius 2 is 0.626 bits per heavy atom. The molecule has 11 aromatic heterocycles. The third-order valence-corrected chi connectivity index (χ3v) is 7.72. The van der Waals surface area contributed by atoms with Gasteiger partial charge in [0.2, 0.25) is 0 Å². The van der Waals surface area contributed by atoms with Gasteiger partial charge in [-0.2, -0.15) is 30.6 Å². The van der Waals surface area contributed by atoms with Gasteiger partial charge in [0.25, 0.3) is 0 Å². The number of hydrogen-bond acceptors (Lipinski definition) is 23. The van der Waals surface area contributed by atoms with Crippen LogP contribution in [0.5, 0.6) is 0 Å². The predicted octanol–water partition coefficient (Wildman–Crippen LogP) is 19.3. The molecule has 0 atom stereocenters. The normalized spacial score (nSPS) is 7.44. The molecule has 99 heavy (non-hydrogen) atoms. The van der Waals surface area contributed by atoms with E-state index in [4.69, 9.17) is 0 Å². The van der Waals surface area contributed by atoms with Crippen LogP contribution in [0.25, 0.3) is 0 Å². The van der Waals surface area contributed by atoms with Crippen molar-refractivity contribution in [2.24, 2.45) is 0 Å². The summed E-state index contributed by atoms with van der Waals surface area (Å²) in [5.41, 5.74) is 8.50. The van der Waals surface area contributed by atoms with Crippen LogP contribution in [-0.4, -0.2) is 116 Å². The Morgan fingerprint density at radius 1 is 0.182 bits per heavy atom. The highest BCUT2D eigenvalue weighted by atomic mass is 15.1. The van der Waals surface area contributed by atoms with Crippen LogP contribution in [0.15, 0.2) is 198 Å². The summed E-state index contributed by atoms with van der Waals surface area (Å²) in [6.45, 7) is 65.1. The minimum Gasteiger partial charge on any atom is -0.265 e. The molecule has 0 aliphatic heterocycles. The van der Waals surface area contributed by atoms with E-state index >= 15 is 0 Å². The summed E-state index contributed by atoms with van der Waals surface area (Å²) in [4.78, 5) is 57.0. The molecule has 550 valence electrons. The van der Waals surface area contributed by atoms with Crippen molar-refractivity contribution >= 4 is 0 Å². The van der Waals surface area contributed by atoms with Gasteiger partial charge in [0.05, 0.1) is 35.7 Å². The number of aromatic nitrogens is 23. The topological polar surface area (TPSA) is 296 Å². The van der Waals surface area contributed by atoms with Crippen LogP contribution in [0.3, 0.4) is 0 Å². The first-order valence-electron chi connectivity index (χ1n) is 34.2. The predicted molar refractivity (Wildman–Crippen MR) is 417 cm³/mol. The van der Waals surface area contributed by atoms with E-state index in [9.17, 15) is 0 Å².